The van der Waals surface area contributed by atoms with Crippen molar-refractivity contribution in [3.8, 4) is 0 Å². The molecule has 0 radical (unpaired) electrons. The van der Waals surface area contributed by atoms with Gasteiger partial charge in [-0.1, -0.05) is 55.1 Å². The molecule has 8 heteroatoms. The molecule has 7 heterocycles. The summed E-state index contributed by atoms with van der Waals surface area (Å²) in [6.45, 7) is 5.72. The molecule has 5 aliphatic heterocycles. The number of benzene rings is 1. The molecule has 6 N–H and O–H groups in total. The van der Waals surface area contributed by atoms with E-state index in [2.05, 4.69) is 160 Å². The maximum Gasteiger partial charge on any atom is 0.171 e. The molecular formula is C42H45N8+. The van der Waals surface area contributed by atoms with Crippen molar-refractivity contribution in [2.45, 2.75) is 31.3 Å². The third-order valence-electron chi connectivity index (χ3n) is 9.99. The van der Waals surface area contributed by atoms with Gasteiger partial charge in [-0.2, -0.15) is 0 Å². The Morgan fingerprint density at radius 1 is 0.920 bits per heavy atom. The van der Waals surface area contributed by atoms with E-state index in [4.69, 9.17) is 5.84 Å². The Kier molecular flexibility index (Phi) is 8.38. The maximum absolute atomic E-state index is 6.06. The maximum atomic E-state index is 6.06. The summed E-state index contributed by atoms with van der Waals surface area (Å²) in [6, 6.07) is 17.3. The monoisotopic (exact) mass is 661 g/mol. The van der Waals surface area contributed by atoms with Crippen molar-refractivity contribution in [1.82, 2.24) is 30.5 Å². The lowest BCUT2D eigenvalue weighted by Gasteiger charge is -2.24. The van der Waals surface area contributed by atoms with Gasteiger partial charge in [-0.15, -0.1) is 0 Å². The van der Waals surface area contributed by atoms with Crippen LogP contribution in [-0.2, 0) is 13.5 Å². The summed E-state index contributed by atoms with van der Waals surface area (Å²) >= 11 is 0. The standard InChI is InChI=1S/C42H45N8/c1-28-9-11-34(44-28)40(30-19-23-50(43)24-20-30)36-13-14-38(46-36)42(32-18-22-49(3)27-32)39-16-15-37(47-39)41(31-17-21-48(2)26-31)35-12-10-33(45-35)25-29-7-5-4-6-8-29/h4-12,15-21,23,26-27,34,39,44-47H,1,13-14,22,24-25,43H2,2-3H3/q+1/b40-36-,41-37-,42-38-. The number of aromatic amines is 1. The third-order valence-corrected chi connectivity index (χ3v) is 9.99. The van der Waals surface area contributed by atoms with E-state index in [0.717, 1.165) is 42.9 Å². The molecule has 5 aliphatic rings. The fourth-order valence-electron chi connectivity index (χ4n) is 7.59. The number of rotatable bonds is 8. The van der Waals surface area contributed by atoms with Crippen LogP contribution in [0.2, 0.25) is 0 Å². The first-order valence-electron chi connectivity index (χ1n) is 17.4. The zero-order valence-corrected chi connectivity index (χ0v) is 28.8. The first-order chi connectivity index (χ1) is 24.4. The summed E-state index contributed by atoms with van der Waals surface area (Å²) in [6.07, 6.45) is 26.8. The predicted molar refractivity (Wildman–Crippen MR) is 202 cm³/mol. The number of likely N-dealkylation sites (N-methyl/N-ethyl adjacent to an activating group) is 1. The molecule has 8 nitrogen and oxygen atoms in total. The number of nitrogens with two attached hydrogens (primary N) is 1. The molecule has 3 aromatic rings. The number of hydrazine groups is 1. The van der Waals surface area contributed by atoms with E-state index in [0.29, 0.717) is 6.54 Å². The van der Waals surface area contributed by atoms with Gasteiger partial charge in [0.1, 0.15) is 7.05 Å². The van der Waals surface area contributed by atoms with E-state index in [1.54, 1.807) is 5.01 Å². The van der Waals surface area contributed by atoms with Crippen LogP contribution >= 0.6 is 0 Å². The van der Waals surface area contributed by atoms with Crippen molar-refractivity contribution in [2.24, 2.45) is 12.9 Å². The lowest BCUT2D eigenvalue weighted by atomic mass is 9.94. The highest BCUT2D eigenvalue weighted by Gasteiger charge is 2.32. The minimum atomic E-state index is 0.00522. The number of allylic oxidation sites excluding steroid dienone is 5. The van der Waals surface area contributed by atoms with Gasteiger partial charge in [-0.05, 0) is 66.5 Å². The van der Waals surface area contributed by atoms with Gasteiger partial charge in [-0.25, -0.2) is 10.4 Å². The van der Waals surface area contributed by atoms with Gasteiger partial charge in [0.15, 0.2) is 12.8 Å². The van der Waals surface area contributed by atoms with Crippen molar-refractivity contribution < 1.29 is 4.58 Å². The molecule has 50 heavy (non-hydrogen) atoms. The number of nitrogens with zero attached hydrogens (tertiary/aromatic N) is 3. The molecule has 0 saturated carbocycles. The first-order valence-corrected chi connectivity index (χ1v) is 17.4. The lowest BCUT2D eigenvalue weighted by molar-refractivity contribution is -0.477. The molecule has 0 amide bonds. The van der Waals surface area contributed by atoms with Crippen molar-refractivity contribution in [1.29, 1.82) is 0 Å². The Balaban J connectivity index is 1.16. The molecule has 0 aliphatic carbocycles. The molecule has 2 atom stereocenters. The van der Waals surface area contributed by atoms with Crippen molar-refractivity contribution >= 4 is 11.8 Å². The van der Waals surface area contributed by atoms with E-state index in [9.17, 15) is 0 Å². The molecule has 8 rings (SSSR count). The molecule has 0 spiro atoms. The minimum Gasteiger partial charge on any atom is -0.375 e. The number of aromatic nitrogens is 2. The number of aryl methyl sites for hydroxylation is 1. The van der Waals surface area contributed by atoms with Crippen LogP contribution in [0.1, 0.15) is 35.4 Å². The summed E-state index contributed by atoms with van der Waals surface area (Å²) in [5.41, 5.74) is 15.5. The van der Waals surface area contributed by atoms with Crippen LogP contribution in [0.4, 0.5) is 0 Å². The second-order valence-corrected chi connectivity index (χ2v) is 13.7. The Morgan fingerprint density at radius 3 is 2.38 bits per heavy atom. The Bertz CT molecular complexity index is 2120. The molecule has 1 aromatic carbocycles. The molecule has 2 unspecified atom stereocenters. The fourth-order valence-corrected chi connectivity index (χ4v) is 7.59. The van der Waals surface area contributed by atoms with Crippen molar-refractivity contribution in [3.05, 3.63) is 184 Å². The minimum absolute atomic E-state index is 0.00522. The average Bonchev–Trinajstić information content (AvgIpc) is 3.96. The topological polar surface area (TPSA) is 89.1 Å². The lowest BCUT2D eigenvalue weighted by Crippen LogP contribution is -2.31. The number of hydrogen-bond donors (Lipinski definition) is 5. The van der Waals surface area contributed by atoms with E-state index in [-0.39, 0.29) is 12.1 Å². The van der Waals surface area contributed by atoms with Gasteiger partial charge in [0.2, 0.25) is 0 Å². The van der Waals surface area contributed by atoms with Gasteiger partial charge < -0.3 is 30.5 Å². The summed E-state index contributed by atoms with van der Waals surface area (Å²) in [4.78, 5) is 3.75. The van der Waals surface area contributed by atoms with Gasteiger partial charge in [0.05, 0.1) is 18.6 Å². The van der Waals surface area contributed by atoms with Crippen LogP contribution in [0.15, 0.2) is 161 Å². The van der Waals surface area contributed by atoms with Crippen LogP contribution in [0.25, 0.3) is 5.57 Å². The molecule has 252 valence electrons. The number of nitrogens with one attached hydrogen (secondary N) is 4. The molecule has 0 bridgehead atoms. The molecular weight excluding hydrogens is 617 g/mol. The Morgan fingerprint density at radius 2 is 1.70 bits per heavy atom. The van der Waals surface area contributed by atoms with Crippen LogP contribution < -0.4 is 21.8 Å². The average molecular weight is 662 g/mol. The Labute approximate surface area is 294 Å². The first kappa shape index (κ1) is 31.5. The summed E-state index contributed by atoms with van der Waals surface area (Å²) in [5, 5.41) is 13.2. The second-order valence-electron chi connectivity index (χ2n) is 13.7. The van der Waals surface area contributed by atoms with Crippen LogP contribution in [0.3, 0.4) is 0 Å². The molecule has 1 fully saturated rings. The smallest absolute Gasteiger partial charge is 0.171 e. The van der Waals surface area contributed by atoms with Crippen LogP contribution in [0, 0.1) is 0 Å². The normalized spacial score (nSPS) is 24.2. The zero-order valence-electron chi connectivity index (χ0n) is 28.8. The predicted octanol–water partition coefficient (Wildman–Crippen LogP) is 5.45. The van der Waals surface area contributed by atoms with E-state index in [1.165, 1.54) is 56.1 Å². The van der Waals surface area contributed by atoms with E-state index < -0.39 is 0 Å². The SMILES string of the molecule is C=C1C=CC(/C(C2=CCN(N)C=C2)=C2/CC/C(=C(\C3=CC[N+](C)=C3)C3C=C/C(=C(\c4ccn(C)c4)c4ccc(Cc5ccccc5)[nH]4)N3)N2)N1. The third kappa shape index (κ3) is 6.37. The zero-order chi connectivity index (χ0) is 34.2. The highest BCUT2D eigenvalue weighted by atomic mass is 15.4. The highest BCUT2D eigenvalue weighted by molar-refractivity contribution is 5.86. The fraction of sp³-hybridized carbons (Fsp3) is 0.214. The number of H-pyrrole nitrogens is 1. The molecule has 2 aromatic heterocycles. The van der Waals surface area contributed by atoms with Gasteiger partial charge in [0, 0.05) is 94.1 Å². The van der Waals surface area contributed by atoms with E-state index in [1.807, 2.05) is 6.20 Å². The van der Waals surface area contributed by atoms with Gasteiger partial charge >= 0.3 is 0 Å². The van der Waals surface area contributed by atoms with Crippen molar-refractivity contribution in [3.63, 3.8) is 0 Å². The number of hydrogen-bond acceptors (Lipinski definition) is 5. The largest absolute Gasteiger partial charge is 0.375 e. The van der Waals surface area contributed by atoms with Crippen LogP contribution in [-0.4, -0.2) is 57.6 Å². The quantitative estimate of drug-likeness (QED) is 0.164. The second kappa shape index (κ2) is 13.3. The van der Waals surface area contributed by atoms with E-state index >= 15 is 0 Å². The summed E-state index contributed by atoms with van der Waals surface area (Å²) in [5.74, 6) is 6.06. The van der Waals surface area contributed by atoms with Gasteiger partial charge in [-0.3, -0.25) is 0 Å². The summed E-state index contributed by atoms with van der Waals surface area (Å²) in [7, 11) is 4.21. The van der Waals surface area contributed by atoms with Gasteiger partial charge in [0.25, 0.3) is 0 Å². The summed E-state index contributed by atoms with van der Waals surface area (Å²) < 4.78 is 4.36. The Hall–Kier alpha value is -5.73. The van der Waals surface area contributed by atoms with Crippen LogP contribution in [0.5, 0.6) is 0 Å². The highest BCUT2D eigenvalue weighted by Crippen LogP contribution is 2.37. The van der Waals surface area contributed by atoms with Crippen molar-refractivity contribution in [2.75, 3.05) is 20.1 Å². The molecule has 1 saturated heterocycles.